The molecule has 1 aliphatic carbocycles. The lowest BCUT2D eigenvalue weighted by Crippen LogP contribution is -2.19. The van der Waals surface area contributed by atoms with Crippen LogP contribution in [-0.4, -0.2) is 27.4 Å². The maximum Gasteiger partial charge on any atom is 0.332 e. The Morgan fingerprint density at radius 2 is 1.95 bits per heavy atom. The van der Waals surface area contributed by atoms with Gasteiger partial charge in [-0.1, -0.05) is 31.4 Å². The Morgan fingerprint density at radius 1 is 1.25 bits per heavy atom. The minimum absolute atomic E-state index is 0.164. The number of aromatic hydroxyl groups is 1. The van der Waals surface area contributed by atoms with Crippen molar-refractivity contribution < 1.29 is 20.1 Å². The van der Waals surface area contributed by atoms with Crippen LogP contribution >= 0.6 is 0 Å². The number of carboxylic acids is 1. The highest BCUT2D eigenvalue weighted by atomic mass is 16.4. The second kappa shape index (κ2) is 6.75. The zero-order chi connectivity index (χ0) is 14.5. The molecule has 3 N–H and O–H groups in total. The zero-order valence-corrected chi connectivity index (χ0v) is 11.6. The van der Waals surface area contributed by atoms with Crippen LogP contribution in [0.5, 0.6) is 5.75 Å². The van der Waals surface area contributed by atoms with E-state index in [-0.39, 0.29) is 6.42 Å². The SMILES string of the molecule is O=C(O)C(O)CCc1ccc(C2CCCCC2)c(O)c1. The summed E-state index contributed by atoms with van der Waals surface area (Å²) in [6.45, 7) is 0. The summed E-state index contributed by atoms with van der Waals surface area (Å²) in [5, 5.41) is 28.0. The van der Waals surface area contributed by atoms with Gasteiger partial charge in [0.25, 0.3) is 0 Å². The number of carboxylic acid groups (broad SMARTS) is 1. The average Bonchev–Trinajstić information content (AvgIpc) is 2.45. The van der Waals surface area contributed by atoms with Crippen LogP contribution in [0.4, 0.5) is 0 Å². The number of hydrogen-bond acceptors (Lipinski definition) is 3. The molecule has 1 atom stereocenters. The first-order valence-electron chi connectivity index (χ1n) is 7.30. The predicted molar refractivity (Wildman–Crippen MR) is 75.9 cm³/mol. The molecule has 1 saturated carbocycles. The van der Waals surface area contributed by atoms with Crippen LogP contribution in [0.3, 0.4) is 0 Å². The van der Waals surface area contributed by atoms with E-state index >= 15 is 0 Å². The summed E-state index contributed by atoms with van der Waals surface area (Å²) in [7, 11) is 0. The maximum atomic E-state index is 10.5. The van der Waals surface area contributed by atoms with E-state index in [1.54, 1.807) is 6.07 Å². The highest BCUT2D eigenvalue weighted by Gasteiger charge is 2.19. The lowest BCUT2D eigenvalue weighted by molar-refractivity contribution is -0.146. The quantitative estimate of drug-likeness (QED) is 0.774. The summed E-state index contributed by atoms with van der Waals surface area (Å²) in [6, 6.07) is 5.59. The number of benzene rings is 1. The van der Waals surface area contributed by atoms with Crippen LogP contribution in [0.25, 0.3) is 0 Å². The summed E-state index contributed by atoms with van der Waals surface area (Å²) in [4.78, 5) is 10.5. The highest BCUT2D eigenvalue weighted by molar-refractivity contribution is 5.71. The summed E-state index contributed by atoms with van der Waals surface area (Å²) in [5.41, 5.74) is 1.87. The molecule has 1 aromatic rings. The number of phenols is 1. The number of phenolic OH excluding ortho intramolecular Hbond substituents is 1. The number of aliphatic hydroxyl groups is 1. The van der Waals surface area contributed by atoms with Crippen LogP contribution < -0.4 is 0 Å². The molecular weight excluding hydrogens is 256 g/mol. The summed E-state index contributed by atoms with van der Waals surface area (Å²) < 4.78 is 0. The van der Waals surface area contributed by atoms with Crippen molar-refractivity contribution >= 4 is 5.97 Å². The fourth-order valence-electron chi connectivity index (χ4n) is 2.93. The molecule has 0 heterocycles. The van der Waals surface area contributed by atoms with Gasteiger partial charge in [0, 0.05) is 0 Å². The highest BCUT2D eigenvalue weighted by Crippen LogP contribution is 2.37. The second-order valence-corrected chi connectivity index (χ2v) is 5.62. The molecule has 4 nitrogen and oxygen atoms in total. The lowest BCUT2D eigenvalue weighted by atomic mass is 9.83. The van der Waals surface area contributed by atoms with Crippen LogP contribution in [0.2, 0.25) is 0 Å². The Bertz CT molecular complexity index is 464. The summed E-state index contributed by atoms with van der Waals surface area (Å²) in [6.07, 6.45) is 5.25. The van der Waals surface area contributed by atoms with E-state index in [4.69, 9.17) is 5.11 Å². The summed E-state index contributed by atoms with van der Waals surface area (Å²) >= 11 is 0. The third-order valence-corrected chi connectivity index (χ3v) is 4.13. The van der Waals surface area contributed by atoms with Crippen LogP contribution in [0, 0.1) is 0 Å². The molecule has 2 rings (SSSR count). The summed E-state index contributed by atoms with van der Waals surface area (Å²) in [5.74, 6) is -0.449. The topological polar surface area (TPSA) is 77.8 Å². The van der Waals surface area contributed by atoms with Crippen molar-refractivity contribution in [2.24, 2.45) is 0 Å². The number of aryl methyl sites for hydroxylation is 1. The first-order chi connectivity index (χ1) is 9.58. The van der Waals surface area contributed by atoms with E-state index in [0.717, 1.165) is 24.0 Å². The predicted octanol–water partition coefficient (Wildman–Crippen LogP) is 2.82. The Labute approximate surface area is 119 Å². The van der Waals surface area contributed by atoms with Crippen LogP contribution in [-0.2, 0) is 11.2 Å². The molecule has 0 aromatic heterocycles. The Morgan fingerprint density at radius 3 is 2.55 bits per heavy atom. The molecule has 1 aromatic carbocycles. The first-order valence-corrected chi connectivity index (χ1v) is 7.30. The fourth-order valence-corrected chi connectivity index (χ4v) is 2.93. The van der Waals surface area contributed by atoms with Crippen LogP contribution in [0.1, 0.15) is 55.6 Å². The molecule has 0 saturated heterocycles. The number of aliphatic hydroxyl groups excluding tert-OH is 1. The molecule has 4 heteroatoms. The van der Waals surface area contributed by atoms with Gasteiger partial charge in [0.15, 0.2) is 6.10 Å². The number of carbonyl (C=O) groups is 1. The van der Waals surface area contributed by atoms with Gasteiger partial charge in [0.2, 0.25) is 0 Å². The normalized spacial score (nSPS) is 17.9. The van der Waals surface area contributed by atoms with Crippen molar-refractivity contribution in [3.05, 3.63) is 29.3 Å². The van der Waals surface area contributed by atoms with E-state index < -0.39 is 12.1 Å². The van der Waals surface area contributed by atoms with Gasteiger partial charge in [0.1, 0.15) is 5.75 Å². The average molecular weight is 278 g/mol. The smallest absolute Gasteiger partial charge is 0.332 e. The monoisotopic (exact) mass is 278 g/mol. The van der Waals surface area contributed by atoms with E-state index in [9.17, 15) is 15.0 Å². The van der Waals surface area contributed by atoms with Gasteiger partial charge in [-0.05, 0) is 48.8 Å². The van der Waals surface area contributed by atoms with E-state index in [2.05, 4.69) is 0 Å². The van der Waals surface area contributed by atoms with Crippen molar-refractivity contribution in [3.8, 4) is 5.75 Å². The van der Waals surface area contributed by atoms with Gasteiger partial charge >= 0.3 is 5.97 Å². The molecule has 110 valence electrons. The van der Waals surface area contributed by atoms with Gasteiger partial charge in [0.05, 0.1) is 0 Å². The van der Waals surface area contributed by atoms with Gasteiger partial charge in [-0.25, -0.2) is 4.79 Å². The second-order valence-electron chi connectivity index (χ2n) is 5.62. The molecule has 0 bridgehead atoms. The zero-order valence-electron chi connectivity index (χ0n) is 11.6. The molecule has 0 spiro atoms. The van der Waals surface area contributed by atoms with Crippen molar-refractivity contribution in [2.75, 3.05) is 0 Å². The molecule has 0 aliphatic heterocycles. The molecule has 20 heavy (non-hydrogen) atoms. The minimum atomic E-state index is -1.34. The maximum absolute atomic E-state index is 10.5. The van der Waals surface area contributed by atoms with E-state index in [1.807, 2.05) is 12.1 Å². The molecule has 1 unspecified atom stereocenters. The number of rotatable bonds is 5. The molecule has 0 amide bonds. The standard InChI is InChI=1S/C16H22O4/c17-14(16(19)20)9-7-11-6-8-13(15(18)10-11)12-4-2-1-3-5-12/h6,8,10,12,14,17-18H,1-5,7,9H2,(H,19,20). The van der Waals surface area contributed by atoms with Crippen LogP contribution in [0.15, 0.2) is 18.2 Å². The Hall–Kier alpha value is -1.55. The van der Waals surface area contributed by atoms with Gasteiger partial charge < -0.3 is 15.3 Å². The van der Waals surface area contributed by atoms with E-state index in [1.165, 1.54) is 19.3 Å². The van der Waals surface area contributed by atoms with Crippen molar-refractivity contribution in [1.29, 1.82) is 0 Å². The van der Waals surface area contributed by atoms with Crippen molar-refractivity contribution in [3.63, 3.8) is 0 Å². The Balaban J connectivity index is 2.00. The lowest BCUT2D eigenvalue weighted by Gasteiger charge is -2.23. The molecule has 1 fully saturated rings. The van der Waals surface area contributed by atoms with Gasteiger partial charge in [-0.3, -0.25) is 0 Å². The molecule has 1 aliphatic rings. The number of aliphatic carboxylic acids is 1. The minimum Gasteiger partial charge on any atom is -0.508 e. The third kappa shape index (κ3) is 3.73. The third-order valence-electron chi connectivity index (χ3n) is 4.13. The molecular formula is C16H22O4. The number of hydrogen-bond donors (Lipinski definition) is 3. The van der Waals surface area contributed by atoms with Gasteiger partial charge in [-0.15, -0.1) is 0 Å². The first kappa shape index (κ1) is 14.9. The van der Waals surface area contributed by atoms with Gasteiger partial charge in [-0.2, -0.15) is 0 Å². The largest absolute Gasteiger partial charge is 0.508 e. The molecule has 0 radical (unpaired) electrons. The van der Waals surface area contributed by atoms with Crippen molar-refractivity contribution in [2.45, 2.75) is 57.0 Å². The van der Waals surface area contributed by atoms with E-state index in [0.29, 0.717) is 18.1 Å². The van der Waals surface area contributed by atoms with Crippen molar-refractivity contribution in [1.82, 2.24) is 0 Å². The fraction of sp³-hybridized carbons (Fsp3) is 0.562. The Kier molecular flexibility index (Phi) is 5.01.